The maximum Gasteiger partial charge on any atom is 0.410 e. The molecule has 1 spiro atoms. The lowest BCUT2D eigenvalue weighted by Gasteiger charge is -2.46. The second-order valence-corrected chi connectivity index (χ2v) is 7.64. The zero-order chi connectivity index (χ0) is 17.9. The van der Waals surface area contributed by atoms with Crippen LogP contribution in [0.1, 0.15) is 56.9 Å². The van der Waals surface area contributed by atoms with E-state index in [0.29, 0.717) is 18.3 Å². The Morgan fingerprint density at radius 2 is 1.64 bits per heavy atom. The summed E-state index contributed by atoms with van der Waals surface area (Å²) in [5, 5.41) is 9.88. The second-order valence-electron chi connectivity index (χ2n) is 7.64. The van der Waals surface area contributed by atoms with Crippen LogP contribution in [0.3, 0.4) is 0 Å². The third-order valence-corrected chi connectivity index (χ3v) is 6.32. The van der Waals surface area contributed by atoms with Crippen molar-refractivity contribution in [3.8, 4) is 0 Å². The Kier molecular flexibility index (Phi) is 5.02. The zero-order valence-electron chi connectivity index (χ0n) is 14.9. The van der Waals surface area contributed by atoms with Crippen molar-refractivity contribution in [3.05, 3.63) is 35.9 Å². The number of carbonyl (C=O) groups excluding carboxylic acids is 1. The van der Waals surface area contributed by atoms with Crippen LogP contribution in [0.2, 0.25) is 0 Å². The molecule has 5 nitrogen and oxygen atoms in total. The summed E-state index contributed by atoms with van der Waals surface area (Å²) >= 11 is 0. The van der Waals surface area contributed by atoms with Crippen molar-refractivity contribution in [2.45, 2.75) is 63.5 Å². The lowest BCUT2D eigenvalue weighted by molar-refractivity contribution is -0.153. The number of likely N-dealkylation sites (N-methyl/N-ethyl adjacent to an activating group) is 1. The van der Waals surface area contributed by atoms with E-state index in [1.54, 1.807) is 7.05 Å². The number of carbonyl (C=O) groups is 2. The number of nitrogens with zero attached hydrogens (tertiary/aromatic N) is 1. The number of aliphatic carboxylic acids is 1. The molecule has 25 heavy (non-hydrogen) atoms. The van der Waals surface area contributed by atoms with E-state index >= 15 is 0 Å². The molecule has 0 radical (unpaired) electrons. The third-order valence-electron chi connectivity index (χ3n) is 6.32. The first-order valence-electron chi connectivity index (χ1n) is 9.15. The molecule has 0 unspecified atom stereocenters. The maximum absolute atomic E-state index is 12.5. The summed E-state index contributed by atoms with van der Waals surface area (Å²) in [6.07, 6.45) is 7.12. The number of carboxylic acids is 1. The predicted octanol–water partition coefficient (Wildman–Crippen LogP) is 4.21. The van der Waals surface area contributed by atoms with Gasteiger partial charge in [-0.05, 0) is 49.5 Å². The zero-order valence-corrected chi connectivity index (χ0v) is 14.9. The molecule has 0 aliphatic heterocycles. The minimum atomic E-state index is -1.14. The van der Waals surface area contributed by atoms with Crippen LogP contribution < -0.4 is 0 Å². The molecule has 3 rings (SSSR count). The topological polar surface area (TPSA) is 66.8 Å². The second kappa shape index (κ2) is 7.06. The number of hydrogen-bond donors (Lipinski definition) is 1. The smallest absolute Gasteiger partial charge is 0.410 e. The number of carboxylic acid groups (broad SMARTS) is 1. The van der Waals surface area contributed by atoms with Gasteiger partial charge in [0.1, 0.15) is 12.1 Å². The molecule has 0 aromatic heterocycles. The predicted molar refractivity (Wildman–Crippen MR) is 94.1 cm³/mol. The van der Waals surface area contributed by atoms with Gasteiger partial charge in [-0.1, -0.05) is 43.2 Å². The monoisotopic (exact) mass is 345 g/mol. The van der Waals surface area contributed by atoms with Crippen LogP contribution >= 0.6 is 0 Å². The Hall–Kier alpha value is -2.04. The van der Waals surface area contributed by atoms with E-state index in [0.717, 1.165) is 18.4 Å². The molecule has 1 amide bonds. The summed E-state index contributed by atoms with van der Waals surface area (Å²) in [4.78, 5) is 25.8. The molecule has 1 N–H and O–H groups in total. The van der Waals surface area contributed by atoms with Crippen molar-refractivity contribution in [1.29, 1.82) is 0 Å². The van der Waals surface area contributed by atoms with Gasteiger partial charge < -0.3 is 9.84 Å². The highest BCUT2D eigenvalue weighted by molar-refractivity contribution is 5.84. The van der Waals surface area contributed by atoms with Crippen LogP contribution in [0.15, 0.2) is 30.3 Å². The molecule has 2 saturated carbocycles. The molecule has 1 aromatic rings. The van der Waals surface area contributed by atoms with Gasteiger partial charge >= 0.3 is 12.1 Å². The number of hydrogen-bond acceptors (Lipinski definition) is 3. The average Bonchev–Trinajstić information content (AvgIpc) is 3.09. The largest absolute Gasteiger partial charge is 0.479 e. The first-order chi connectivity index (χ1) is 12.0. The van der Waals surface area contributed by atoms with E-state index in [-0.39, 0.29) is 6.61 Å². The van der Waals surface area contributed by atoms with Gasteiger partial charge in [-0.25, -0.2) is 9.59 Å². The molecule has 2 aliphatic rings. The highest BCUT2D eigenvalue weighted by Crippen LogP contribution is 2.52. The minimum absolute atomic E-state index is 0.156. The standard InChI is InChI=1S/C20H27NO4/c1-21(18(24)25-15-16-7-3-2-4-8-16)20(17(22)23)13-11-19(12-14-20)9-5-6-10-19/h2-4,7-8H,5-6,9-15H2,1H3,(H,22,23). The van der Waals surface area contributed by atoms with E-state index in [1.807, 2.05) is 30.3 Å². The SMILES string of the molecule is CN(C(=O)OCc1ccccc1)C1(C(=O)O)CCC2(CCCC2)CC1. The Labute approximate surface area is 149 Å². The fraction of sp³-hybridized carbons (Fsp3) is 0.600. The number of ether oxygens (including phenoxy) is 1. The molecule has 0 bridgehead atoms. The summed E-state index contributed by atoms with van der Waals surface area (Å²) in [6.45, 7) is 0.156. The molecular weight excluding hydrogens is 318 g/mol. The van der Waals surface area contributed by atoms with Gasteiger partial charge in [-0.3, -0.25) is 4.90 Å². The Morgan fingerprint density at radius 3 is 2.20 bits per heavy atom. The van der Waals surface area contributed by atoms with Gasteiger partial charge in [0.05, 0.1) is 0 Å². The molecule has 0 saturated heterocycles. The number of benzene rings is 1. The maximum atomic E-state index is 12.5. The molecule has 2 aliphatic carbocycles. The molecule has 0 heterocycles. The Morgan fingerprint density at radius 1 is 1.04 bits per heavy atom. The molecule has 2 fully saturated rings. The van der Waals surface area contributed by atoms with Crippen molar-refractivity contribution in [2.24, 2.45) is 5.41 Å². The normalized spacial score (nSPS) is 21.0. The van der Waals surface area contributed by atoms with Gasteiger partial charge in [0.2, 0.25) is 0 Å². The van der Waals surface area contributed by atoms with Crippen molar-refractivity contribution in [3.63, 3.8) is 0 Å². The molecule has 1 aromatic carbocycles. The fourth-order valence-corrected chi connectivity index (χ4v) is 4.50. The number of rotatable bonds is 4. The van der Waals surface area contributed by atoms with Crippen LogP contribution in [-0.2, 0) is 16.1 Å². The molecular formula is C20H27NO4. The molecule has 136 valence electrons. The van der Waals surface area contributed by atoms with E-state index in [9.17, 15) is 14.7 Å². The summed E-state index contributed by atoms with van der Waals surface area (Å²) in [5.74, 6) is -0.917. The Balaban J connectivity index is 1.65. The summed E-state index contributed by atoms with van der Waals surface area (Å²) in [5.41, 5.74) is 0.0668. The Bertz CT molecular complexity index is 612. The van der Waals surface area contributed by atoms with Gasteiger partial charge in [0.15, 0.2) is 0 Å². The van der Waals surface area contributed by atoms with Crippen molar-refractivity contribution < 1.29 is 19.4 Å². The molecule has 0 atom stereocenters. The van der Waals surface area contributed by atoms with Gasteiger partial charge in [0, 0.05) is 7.05 Å². The van der Waals surface area contributed by atoms with E-state index in [4.69, 9.17) is 4.74 Å². The summed E-state index contributed by atoms with van der Waals surface area (Å²) < 4.78 is 5.36. The lowest BCUT2D eigenvalue weighted by Crippen LogP contribution is -2.58. The quantitative estimate of drug-likeness (QED) is 0.887. The van der Waals surface area contributed by atoms with Crippen LogP contribution in [0.5, 0.6) is 0 Å². The van der Waals surface area contributed by atoms with E-state index in [1.165, 1.54) is 30.6 Å². The average molecular weight is 345 g/mol. The van der Waals surface area contributed by atoms with E-state index < -0.39 is 17.6 Å². The first-order valence-corrected chi connectivity index (χ1v) is 9.15. The highest BCUT2D eigenvalue weighted by atomic mass is 16.6. The summed E-state index contributed by atoms with van der Waals surface area (Å²) in [6, 6.07) is 9.43. The van der Waals surface area contributed by atoms with Gasteiger partial charge in [-0.2, -0.15) is 0 Å². The lowest BCUT2D eigenvalue weighted by atomic mass is 9.66. The van der Waals surface area contributed by atoms with Crippen LogP contribution in [0.4, 0.5) is 4.79 Å². The summed E-state index contributed by atoms with van der Waals surface area (Å²) in [7, 11) is 1.56. The van der Waals surface area contributed by atoms with Gasteiger partial charge in [0.25, 0.3) is 0 Å². The molecule has 5 heteroatoms. The van der Waals surface area contributed by atoms with Crippen LogP contribution in [0.25, 0.3) is 0 Å². The highest BCUT2D eigenvalue weighted by Gasteiger charge is 2.52. The van der Waals surface area contributed by atoms with E-state index in [2.05, 4.69) is 0 Å². The first kappa shape index (κ1) is 17.8. The van der Waals surface area contributed by atoms with Crippen molar-refractivity contribution in [2.75, 3.05) is 7.05 Å². The fourth-order valence-electron chi connectivity index (χ4n) is 4.50. The minimum Gasteiger partial charge on any atom is -0.479 e. The number of amides is 1. The third kappa shape index (κ3) is 3.51. The van der Waals surface area contributed by atoms with Crippen molar-refractivity contribution >= 4 is 12.1 Å². The van der Waals surface area contributed by atoms with Gasteiger partial charge in [-0.15, -0.1) is 0 Å². The van der Waals surface area contributed by atoms with Crippen molar-refractivity contribution in [1.82, 2.24) is 4.90 Å². The van der Waals surface area contributed by atoms with Crippen LogP contribution in [-0.4, -0.2) is 34.7 Å². The van der Waals surface area contributed by atoms with Crippen LogP contribution in [0, 0.1) is 5.41 Å².